The smallest absolute Gasteiger partial charge is 0.393 e. The Labute approximate surface area is 405 Å². The van der Waals surface area contributed by atoms with Crippen molar-refractivity contribution in [3.05, 3.63) is 60.8 Å². The Morgan fingerprint density at radius 2 is 0.925 bits per heavy atom. The summed E-state index contributed by atoms with van der Waals surface area (Å²) in [5.74, 6) is -0.616. The van der Waals surface area contributed by atoms with Gasteiger partial charge in [-0.05, 0) is 77.0 Å². The summed E-state index contributed by atoms with van der Waals surface area (Å²) in [6.07, 6.45) is 38.8. The van der Waals surface area contributed by atoms with Gasteiger partial charge in [0.1, 0.15) is 36.6 Å². The normalized spacial score (nSPS) is 22.7. The van der Waals surface area contributed by atoms with Crippen LogP contribution in [0.15, 0.2) is 60.8 Å². The molecule has 0 aromatic heterocycles. The van der Waals surface area contributed by atoms with Crippen molar-refractivity contribution in [3.63, 3.8) is 0 Å². The van der Waals surface area contributed by atoms with E-state index in [4.69, 9.17) is 9.05 Å². The summed E-state index contributed by atoms with van der Waals surface area (Å²) in [7, 11) is -5.16. The van der Waals surface area contributed by atoms with Gasteiger partial charge in [-0.25, -0.2) is 4.57 Å². The van der Waals surface area contributed by atoms with E-state index in [9.17, 15) is 50.0 Å². The molecule has 0 saturated heterocycles. The summed E-state index contributed by atoms with van der Waals surface area (Å²) in [5, 5.41) is 74.6. The predicted octanol–water partition coefficient (Wildman–Crippen LogP) is 10.0. The number of phosphoric ester groups is 1. The fourth-order valence-corrected chi connectivity index (χ4v) is 8.98. The number of hydrogen-bond donors (Lipinski definition) is 9. The Kier molecular flexibility index (Phi) is 39.3. The van der Waals surface area contributed by atoms with Crippen molar-refractivity contribution >= 4 is 13.7 Å². The lowest BCUT2D eigenvalue weighted by Gasteiger charge is -2.41. The minimum atomic E-state index is -5.16. The predicted molar refractivity (Wildman–Crippen MR) is 270 cm³/mol. The number of allylic oxidation sites excluding steroid dienone is 9. The van der Waals surface area contributed by atoms with Gasteiger partial charge in [-0.15, -0.1) is 0 Å². The molecule has 13 nitrogen and oxygen atoms in total. The zero-order valence-electron chi connectivity index (χ0n) is 41.5. The molecule has 0 aliphatic heterocycles. The number of amides is 1. The zero-order chi connectivity index (χ0) is 49.4. The maximum atomic E-state index is 13.0. The van der Waals surface area contributed by atoms with Crippen LogP contribution in [0.3, 0.4) is 0 Å². The highest BCUT2D eigenvalue weighted by molar-refractivity contribution is 7.47. The van der Waals surface area contributed by atoms with Crippen LogP contribution in [-0.4, -0.2) is 108 Å². The van der Waals surface area contributed by atoms with Gasteiger partial charge < -0.3 is 46.0 Å². The first-order chi connectivity index (χ1) is 32.3. The standard InChI is InChI=1S/C53H96NO12P/c1-3-5-7-9-11-13-15-17-19-21-22-23-24-25-26-28-30-32-34-36-38-40-44(55)42-47(57)54-45(43-65-67(63,64)66-53-51(61)49(59)48(58)50(60)52(53)62)46(56)41-39-37-35-33-31-29-27-20-18-16-14-12-10-8-6-4-2/h18,20,22-23,25-26,31,33,39,41,44-46,48-53,55-56,58-62H,3-17,19,21,24,27-30,32,34-38,40,42-43H2,1-2H3,(H,54,57)(H,63,64)/b20-18+,23-22-,26-25-,33-31+,41-39+. The number of aliphatic hydroxyl groups excluding tert-OH is 7. The Morgan fingerprint density at radius 3 is 1.40 bits per heavy atom. The van der Waals surface area contributed by atoms with Gasteiger partial charge >= 0.3 is 7.82 Å². The summed E-state index contributed by atoms with van der Waals surface area (Å²) < 4.78 is 22.9. The van der Waals surface area contributed by atoms with Crippen LogP contribution in [0.1, 0.15) is 206 Å². The Hall–Kier alpha value is -2.00. The molecule has 8 atom stereocenters. The molecule has 14 heteroatoms. The van der Waals surface area contributed by atoms with Crippen molar-refractivity contribution < 1.29 is 59.0 Å². The lowest BCUT2D eigenvalue weighted by Crippen LogP contribution is -2.64. The van der Waals surface area contributed by atoms with Gasteiger partial charge in [0.2, 0.25) is 5.91 Å². The molecule has 9 N–H and O–H groups in total. The molecule has 0 aromatic rings. The Morgan fingerprint density at radius 1 is 0.537 bits per heavy atom. The van der Waals surface area contributed by atoms with Gasteiger partial charge in [-0.3, -0.25) is 13.8 Å². The van der Waals surface area contributed by atoms with E-state index in [0.717, 1.165) is 70.6 Å². The molecule has 1 rings (SSSR count). The van der Waals surface area contributed by atoms with Crippen molar-refractivity contribution in [3.8, 4) is 0 Å². The monoisotopic (exact) mass is 970 g/mol. The molecule has 1 saturated carbocycles. The first-order valence-electron chi connectivity index (χ1n) is 26.3. The minimum Gasteiger partial charge on any atom is -0.393 e. The number of hydrogen-bond acceptors (Lipinski definition) is 11. The highest BCUT2D eigenvalue weighted by Crippen LogP contribution is 2.47. The molecule has 8 unspecified atom stereocenters. The second-order valence-corrected chi connectivity index (χ2v) is 19.9. The van der Waals surface area contributed by atoms with Gasteiger partial charge in [0, 0.05) is 0 Å². The van der Waals surface area contributed by atoms with E-state index in [1.807, 2.05) is 0 Å². The molecule has 0 radical (unpaired) electrons. The second kappa shape index (κ2) is 41.8. The zero-order valence-corrected chi connectivity index (χ0v) is 42.4. The van der Waals surface area contributed by atoms with Gasteiger partial charge in [-0.2, -0.15) is 0 Å². The van der Waals surface area contributed by atoms with Crippen LogP contribution in [-0.2, 0) is 18.4 Å². The third-order valence-electron chi connectivity index (χ3n) is 12.3. The summed E-state index contributed by atoms with van der Waals surface area (Å²) >= 11 is 0. The molecule has 0 heterocycles. The number of unbranched alkanes of at least 4 members (excludes halogenated alkanes) is 22. The maximum absolute atomic E-state index is 13.0. The number of nitrogens with one attached hydrogen (secondary N) is 1. The molecule has 1 amide bonds. The highest BCUT2D eigenvalue weighted by atomic mass is 31.2. The first kappa shape index (κ1) is 63.0. The van der Waals surface area contributed by atoms with E-state index in [1.165, 1.54) is 102 Å². The van der Waals surface area contributed by atoms with Gasteiger partial charge in [0.15, 0.2) is 0 Å². The topological polar surface area (TPSA) is 226 Å². The average Bonchev–Trinajstić information content (AvgIpc) is 3.30. The number of carbonyl (C=O) groups excluding carboxylic acids is 1. The van der Waals surface area contributed by atoms with E-state index < -0.39 is 75.2 Å². The SMILES string of the molecule is CCCCCCCC/C=C/CC/C=C/CC/C=C/C(O)C(COP(=O)(O)OC1C(O)C(O)C(O)C(O)C1O)NC(=O)CC(O)CCCCCCC/C=C\C/C=C\CCCCCCCCCCC. The first-order valence-corrected chi connectivity index (χ1v) is 27.8. The number of aliphatic hydroxyl groups is 7. The maximum Gasteiger partial charge on any atom is 0.472 e. The fraction of sp³-hybridized carbons (Fsp3) is 0.792. The Bertz CT molecular complexity index is 1380. The summed E-state index contributed by atoms with van der Waals surface area (Å²) in [4.78, 5) is 23.5. The van der Waals surface area contributed by atoms with Crippen LogP contribution in [0.5, 0.6) is 0 Å². The summed E-state index contributed by atoms with van der Waals surface area (Å²) in [6.45, 7) is 3.72. The van der Waals surface area contributed by atoms with Crippen LogP contribution in [0.25, 0.3) is 0 Å². The highest BCUT2D eigenvalue weighted by Gasteiger charge is 2.51. The number of carbonyl (C=O) groups is 1. The summed E-state index contributed by atoms with van der Waals surface area (Å²) in [6, 6.07) is -1.27. The lowest BCUT2D eigenvalue weighted by molar-refractivity contribution is -0.220. The average molecular weight is 970 g/mol. The molecule has 1 fully saturated rings. The van der Waals surface area contributed by atoms with Crippen molar-refractivity contribution in [2.24, 2.45) is 0 Å². The molecular weight excluding hydrogens is 874 g/mol. The van der Waals surface area contributed by atoms with Gasteiger partial charge in [0.25, 0.3) is 0 Å². The minimum absolute atomic E-state index is 0.268. The molecule has 0 bridgehead atoms. The molecule has 0 aromatic carbocycles. The summed E-state index contributed by atoms with van der Waals surface area (Å²) in [5.41, 5.74) is 0. The van der Waals surface area contributed by atoms with Crippen molar-refractivity contribution in [1.29, 1.82) is 0 Å². The van der Waals surface area contributed by atoms with Crippen LogP contribution in [0.2, 0.25) is 0 Å². The third-order valence-corrected chi connectivity index (χ3v) is 13.3. The molecule has 0 spiro atoms. The van der Waals surface area contributed by atoms with E-state index in [-0.39, 0.29) is 6.42 Å². The van der Waals surface area contributed by atoms with Gasteiger partial charge in [-0.1, -0.05) is 184 Å². The molecule has 1 aliphatic rings. The van der Waals surface area contributed by atoms with Crippen molar-refractivity contribution in [1.82, 2.24) is 5.32 Å². The van der Waals surface area contributed by atoms with E-state index >= 15 is 0 Å². The molecule has 390 valence electrons. The lowest BCUT2D eigenvalue weighted by atomic mass is 9.85. The van der Waals surface area contributed by atoms with Crippen LogP contribution < -0.4 is 5.32 Å². The van der Waals surface area contributed by atoms with Crippen LogP contribution in [0.4, 0.5) is 0 Å². The van der Waals surface area contributed by atoms with E-state index in [2.05, 4.69) is 67.8 Å². The van der Waals surface area contributed by atoms with E-state index in [1.54, 1.807) is 6.08 Å². The van der Waals surface area contributed by atoms with Crippen LogP contribution >= 0.6 is 7.82 Å². The van der Waals surface area contributed by atoms with Gasteiger partial charge in [0.05, 0.1) is 31.3 Å². The number of phosphoric acid groups is 1. The largest absolute Gasteiger partial charge is 0.472 e. The molecule has 67 heavy (non-hydrogen) atoms. The van der Waals surface area contributed by atoms with Crippen molar-refractivity contribution in [2.75, 3.05) is 6.61 Å². The van der Waals surface area contributed by atoms with E-state index in [0.29, 0.717) is 19.3 Å². The van der Waals surface area contributed by atoms with Crippen LogP contribution in [0, 0.1) is 0 Å². The Balaban J connectivity index is 2.50. The molecule has 1 aliphatic carbocycles. The number of rotatable bonds is 43. The quantitative estimate of drug-likeness (QED) is 0.0158. The van der Waals surface area contributed by atoms with Crippen molar-refractivity contribution in [2.45, 2.75) is 261 Å². The third kappa shape index (κ3) is 33.3. The fourth-order valence-electron chi connectivity index (χ4n) is 8.01. The second-order valence-electron chi connectivity index (χ2n) is 18.5. The molecular formula is C53H96NO12P.